The molecule has 0 aliphatic carbocycles. The van der Waals surface area contributed by atoms with E-state index in [9.17, 15) is 0 Å². The van der Waals surface area contributed by atoms with Crippen molar-refractivity contribution < 1.29 is 61.0 Å². The maximum Gasteiger partial charge on any atom is 1.00 e. The first kappa shape index (κ1) is 14.0. The topological polar surface area (TPSA) is 41.8 Å². The third-order valence-electron chi connectivity index (χ3n) is 2.49. The number of nitrogens with one attached hydrogen (secondary N) is 1. The van der Waals surface area contributed by atoms with Crippen LogP contribution in [0.4, 0.5) is 0 Å². The zero-order chi connectivity index (χ0) is 11.0. The van der Waals surface area contributed by atoms with E-state index >= 15 is 0 Å². The van der Waals surface area contributed by atoms with Crippen molar-refractivity contribution in [1.82, 2.24) is 10.2 Å². The largest absolute Gasteiger partial charge is 1.00 e. The Labute approximate surface area is 138 Å². The van der Waals surface area contributed by atoms with Gasteiger partial charge in [0.05, 0.1) is 5.52 Å². The fourth-order valence-corrected chi connectivity index (χ4v) is 1.59. The SMILES string of the molecule is [CH2-]c1[nH]nc2cc(C(C)C)c[n+](OC)c12.[K+]. The van der Waals surface area contributed by atoms with Gasteiger partial charge in [0, 0.05) is 5.56 Å². The van der Waals surface area contributed by atoms with E-state index in [1.807, 2.05) is 6.20 Å². The summed E-state index contributed by atoms with van der Waals surface area (Å²) in [6.45, 7) is 8.15. The molecule has 5 heteroatoms. The molecule has 0 spiro atoms. The number of fused-ring (bicyclic) bond motifs is 1. The second-order valence-corrected chi connectivity index (χ2v) is 3.87. The molecule has 1 N–H and O–H groups in total. The predicted molar refractivity (Wildman–Crippen MR) is 57.3 cm³/mol. The third kappa shape index (κ3) is 2.43. The van der Waals surface area contributed by atoms with Crippen LogP contribution in [0.1, 0.15) is 31.0 Å². The second kappa shape index (κ2) is 5.51. The fourth-order valence-electron chi connectivity index (χ4n) is 1.59. The molecular weight excluding hydrogens is 229 g/mol. The van der Waals surface area contributed by atoms with Gasteiger partial charge in [-0.25, -0.2) is 6.92 Å². The Kier molecular flexibility index (Phi) is 4.82. The van der Waals surface area contributed by atoms with Gasteiger partial charge in [-0.2, -0.15) is 5.10 Å². The normalized spacial score (nSPS) is 10.5. The predicted octanol–water partition coefficient (Wildman–Crippen LogP) is -1.78. The Morgan fingerprint density at radius 2 is 2.19 bits per heavy atom. The van der Waals surface area contributed by atoms with Gasteiger partial charge in [0.25, 0.3) is 0 Å². The maximum absolute atomic E-state index is 5.27. The van der Waals surface area contributed by atoms with Crippen LogP contribution in [-0.2, 0) is 0 Å². The molecule has 0 saturated carbocycles. The smallest absolute Gasteiger partial charge is 0.309 e. The molecule has 80 valence electrons. The molecule has 0 saturated heterocycles. The van der Waals surface area contributed by atoms with Crippen LogP contribution in [0.3, 0.4) is 0 Å². The Morgan fingerprint density at radius 3 is 2.75 bits per heavy atom. The first-order valence-corrected chi connectivity index (χ1v) is 4.93. The van der Waals surface area contributed by atoms with Crippen molar-refractivity contribution in [3.05, 3.63) is 30.4 Å². The van der Waals surface area contributed by atoms with Crippen LogP contribution in [0.2, 0.25) is 0 Å². The summed E-state index contributed by atoms with van der Waals surface area (Å²) in [7, 11) is 1.63. The second-order valence-electron chi connectivity index (χ2n) is 3.87. The van der Waals surface area contributed by atoms with Crippen molar-refractivity contribution in [2.24, 2.45) is 0 Å². The van der Waals surface area contributed by atoms with E-state index in [0.29, 0.717) is 5.92 Å². The van der Waals surface area contributed by atoms with E-state index in [1.54, 1.807) is 11.8 Å². The molecule has 0 atom stereocenters. The Bertz CT molecular complexity index is 493. The molecule has 16 heavy (non-hydrogen) atoms. The van der Waals surface area contributed by atoms with Crippen LogP contribution in [0.25, 0.3) is 11.0 Å². The number of aromatic amines is 1. The van der Waals surface area contributed by atoms with Gasteiger partial charge in [0.15, 0.2) is 5.52 Å². The molecule has 2 aromatic heterocycles. The van der Waals surface area contributed by atoms with E-state index < -0.39 is 0 Å². The molecule has 2 heterocycles. The van der Waals surface area contributed by atoms with Gasteiger partial charge in [0.2, 0.25) is 6.20 Å². The summed E-state index contributed by atoms with van der Waals surface area (Å²) in [5, 5.41) is 7.04. The number of hydrogen-bond donors (Lipinski definition) is 1. The number of aromatic nitrogens is 3. The maximum atomic E-state index is 5.27. The number of hydrogen-bond acceptors (Lipinski definition) is 2. The molecule has 0 unspecified atom stereocenters. The summed E-state index contributed by atoms with van der Waals surface area (Å²) in [5.74, 6) is 0.445. The molecular formula is C11H15KN3O+. The first-order valence-electron chi connectivity index (χ1n) is 4.93. The van der Waals surface area contributed by atoms with Crippen LogP contribution in [0.15, 0.2) is 12.3 Å². The van der Waals surface area contributed by atoms with Crippen molar-refractivity contribution in [3.63, 3.8) is 0 Å². The molecule has 0 radical (unpaired) electrons. The van der Waals surface area contributed by atoms with Crippen LogP contribution in [0.5, 0.6) is 0 Å². The molecule has 0 aromatic carbocycles. The number of nitrogens with zero attached hydrogens (tertiary/aromatic N) is 2. The minimum atomic E-state index is 0. The fraction of sp³-hybridized carbons (Fsp3) is 0.364. The summed E-state index contributed by atoms with van der Waals surface area (Å²) < 4.78 is 1.70. The molecule has 0 amide bonds. The Hall–Kier alpha value is -0.0736. The van der Waals surface area contributed by atoms with Gasteiger partial charge in [-0.3, -0.25) is 4.84 Å². The van der Waals surface area contributed by atoms with Crippen molar-refractivity contribution >= 4 is 11.0 Å². The van der Waals surface area contributed by atoms with Gasteiger partial charge in [-0.05, 0) is 17.7 Å². The van der Waals surface area contributed by atoms with Crippen LogP contribution < -0.4 is 61.0 Å². The molecule has 2 rings (SSSR count). The average Bonchev–Trinajstić information content (AvgIpc) is 2.59. The molecule has 0 fully saturated rings. The van der Waals surface area contributed by atoms with Crippen LogP contribution in [0, 0.1) is 6.92 Å². The molecule has 0 aliphatic heterocycles. The molecule has 4 nitrogen and oxygen atoms in total. The summed E-state index contributed by atoms with van der Waals surface area (Å²) in [6, 6.07) is 2.06. The van der Waals surface area contributed by atoms with Gasteiger partial charge in [-0.1, -0.05) is 18.6 Å². The third-order valence-corrected chi connectivity index (χ3v) is 2.49. The standard InChI is InChI=1S/C11H14N3O.K/c1-7(2)9-5-10-11(8(3)12-13-10)14(6-9)15-4;/h5-7H,3H2,1-2,4H3;/q-1;+1/p+1. The summed E-state index contributed by atoms with van der Waals surface area (Å²) in [6.07, 6.45) is 1.97. The minimum Gasteiger partial charge on any atom is -0.309 e. The summed E-state index contributed by atoms with van der Waals surface area (Å²) in [4.78, 5) is 5.27. The van der Waals surface area contributed by atoms with E-state index in [2.05, 4.69) is 37.0 Å². The molecule has 2 aromatic rings. The van der Waals surface area contributed by atoms with Gasteiger partial charge in [-0.15, -0.1) is 0 Å². The van der Waals surface area contributed by atoms with Crippen molar-refractivity contribution in [3.8, 4) is 0 Å². The van der Waals surface area contributed by atoms with E-state index in [1.165, 1.54) is 5.56 Å². The average molecular weight is 244 g/mol. The Balaban J connectivity index is 0.00000128. The zero-order valence-corrected chi connectivity index (χ0v) is 13.4. The van der Waals surface area contributed by atoms with Crippen molar-refractivity contribution in [2.45, 2.75) is 19.8 Å². The summed E-state index contributed by atoms with van der Waals surface area (Å²) >= 11 is 0. The van der Waals surface area contributed by atoms with Crippen molar-refractivity contribution in [1.29, 1.82) is 0 Å². The van der Waals surface area contributed by atoms with Gasteiger partial charge >= 0.3 is 51.4 Å². The summed E-state index contributed by atoms with van der Waals surface area (Å²) in [5.41, 5.74) is 3.73. The zero-order valence-electron chi connectivity index (χ0n) is 10.2. The van der Waals surface area contributed by atoms with Crippen LogP contribution >= 0.6 is 0 Å². The van der Waals surface area contributed by atoms with E-state index in [4.69, 9.17) is 4.84 Å². The number of rotatable bonds is 2. The Morgan fingerprint density at radius 1 is 1.50 bits per heavy atom. The number of H-pyrrole nitrogens is 1. The van der Waals surface area contributed by atoms with E-state index in [0.717, 1.165) is 16.7 Å². The van der Waals surface area contributed by atoms with Crippen LogP contribution in [-0.4, -0.2) is 17.3 Å². The first-order chi connectivity index (χ1) is 7.13. The minimum absolute atomic E-state index is 0. The monoisotopic (exact) mass is 244 g/mol. The van der Waals surface area contributed by atoms with Crippen molar-refractivity contribution in [2.75, 3.05) is 7.11 Å². The van der Waals surface area contributed by atoms with E-state index in [-0.39, 0.29) is 51.4 Å². The quantitative estimate of drug-likeness (QED) is 0.385. The molecule has 0 aliphatic rings. The number of pyridine rings is 1. The van der Waals surface area contributed by atoms with Gasteiger partial charge < -0.3 is 5.10 Å². The molecule has 0 bridgehead atoms. The van der Waals surface area contributed by atoms with Gasteiger partial charge in [0.1, 0.15) is 7.11 Å².